The number of carbonyl (C=O) groups excluding carboxylic acids is 2. The van der Waals surface area contributed by atoms with Crippen molar-refractivity contribution in [2.24, 2.45) is 23.7 Å². The van der Waals surface area contributed by atoms with Crippen LogP contribution >= 0.6 is 22.6 Å². The number of rotatable bonds is 3. The van der Waals surface area contributed by atoms with Gasteiger partial charge in [0.1, 0.15) is 0 Å². The Bertz CT molecular complexity index is 581. The molecule has 104 valence electrons. The third-order valence-electron chi connectivity index (χ3n) is 4.15. The molecule has 0 radical (unpaired) electrons. The van der Waals surface area contributed by atoms with Crippen molar-refractivity contribution in [2.75, 3.05) is 5.32 Å². The lowest BCUT2D eigenvalue weighted by Gasteiger charge is -2.27. The van der Waals surface area contributed by atoms with Crippen LogP contribution in [0.4, 0.5) is 5.69 Å². The lowest BCUT2D eigenvalue weighted by molar-refractivity contribution is -0.313. The first-order valence-corrected chi connectivity index (χ1v) is 7.60. The van der Waals surface area contributed by atoms with E-state index in [2.05, 4.69) is 27.9 Å². The fourth-order valence-corrected chi connectivity index (χ4v) is 3.62. The molecule has 1 saturated carbocycles. The van der Waals surface area contributed by atoms with Crippen LogP contribution in [0.5, 0.6) is 0 Å². The number of allylic oxidation sites excluding steroid dienone is 2. The molecule has 5 heteroatoms. The Morgan fingerprint density at radius 2 is 1.70 bits per heavy atom. The summed E-state index contributed by atoms with van der Waals surface area (Å²) in [6.07, 6.45) is 4.60. The van der Waals surface area contributed by atoms with Gasteiger partial charge in [0.05, 0.1) is 5.92 Å². The molecule has 1 amide bonds. The SMILES string of the molecule is O=C(Nc1ccc(I)cc1)[C@@H]1[C@@H](C(=O)[O-])[C@H]2C=C[C@@H]1C2. The van der Waals surface area contributed by atoms with Crippen molar-refractivity contribution >= 4 is 40.2 Å². The zero-order valence-corrected chi connectivity index (χ0v) is 12.7. The van der Waals surface area contributed by atoms with E-state index in [4.69, 9.17) is 0 Å². The number of aliphatic carboxylic acids is 1. The zero-order chi connectivity index (χ0) is 14.3. The van der Waals surface area contributed by atoms with Crippen LogP contribution in [0.1, 0.15) is 6.42 Å². The predicted molar refractivity (Wildman–Crippen MR) is 80.5 cm³/mol. The van der Waals surface area contributed by atoms with E-state index in [0.717, 1.165) is 9.99 Å². The van der Waals surface area contributed by atoms with E-state index in [0.29, 0.717) is 5.69 Å². The molecular formula is C15H13INO3-. The number of amides is 1. The molecule has 0 spiro atoms. The van der Waals surface area contributed by atoms with E-state index in [1.807, 2.05) is 36.4 Å². The Labute approximate surface area is 130 Å². The average molecular weight is 382 g/mol. The molecule has 2 aliphatic carbocycles. The van der Waals surface area contributed by atoms with Crippen LogP contribution < -0.4 is 10.4 Å². The predicted octanol–water partition coefficient (Wildman–Crippen LogP) is 1.42. The summed E-state index contributed by atoms with van der Waals surface area (Å²) in [7, 11) is 0. The Kier molecular flexibility index (Phi) is 3.54. The van der Waals surface area contributed by atoms with Crippen molar-refractivity contribution < 1.29 is 14.7 Å². The topological polar surface area (TPSA) is 69.2 Å². The molecule has 0 saturated heterocycles. The molecule has 20 heavy (non-hydrogen) atoms. The van der Waals surface area contributed by atoms with Crippen molar-refractivity contribution in [1.29, 1.82) is 0 Å². The number of hydrogen-bond donors (Lipinski definition) is 1. The van der Waals surface area contributed by atoms with Gasteiger partial charge in [-0.15, -0.1) is 0 Å². The molecule has 1 aromatic carbocycles. The highest BCUT2D eigenvalue weighted by Crippen LogP contribution is 2.48. The van der Waals surface area contributed by atoms with Crippen molar-refractivity contribution in [2.45, 2.75) is 6.42 Å². The van der Waals surface area contributed by atoms with Crippen LogP contribution in [0.2, 0.25) is 0 Å². The molecule has 1 aromatic rings. The highest BCUT2D eigenvalue weighted by Gasteiger charge is 2.48. The van der Waals surface area contributed by atoms with Gasteiger partial charge in [-0.3, -0.25) is 4.79 Å². The van der Waals surface area contributed by atoms with Crippen LogP contribution in [0.25, 0.3) is 0 Å². The second-order valence-electron chi connectivity index (χ2n) is 5.32. The minimum absolute atomic E-state index is 0.0201. The number of fused-ring (bicyclic) bond motifs is 2. The van der Waals surface area contributed by atoms with Gasteiger partial charge < -0.3 is 15.2 Å². The van der Waals surface area contributed by atoms with Gasteiger partial charge in [-0.2, -0.15) is 0 Å². The first-order chi connectivity index (χ1) is 9.56. The fourth-order valence-electron chi connectivity index (χ4n) is 3.26. The lowest BCUT2D eigenvalue weighted by atomic mass is 9.82. The Morgan fingerprint density at radius 1 is 1.10 bits per heavy atom. The first kappa shape index (κ1) is 13.6. The number of hydrogen-bond acceptors (Lipinski definition) is 3. The molecule has 0 unspecified atom stereocenters. The highest BCUT2D eigenvalue weighted by molar-refractivity contribution is 14.1. The van der Waals surface area contributed by atoms with Gasteiger partial charge in [-0.05, 0) is 65.1 Å². The highest BCUT2D eigenvalue weighted by atomic mass is 127. The van der Waals surface area contributed by atoms with E-state index in [-0.39, 0.29) is 17.7 Å². The number of carbonyl (C=O) groups is 2. The van der Waals surface area contributed by atoms with Gasteiger partial charge in [-0.25, -0.2) is 0 Å². The molecule has 1 N–H and O–H groups in total. The minimum Gasteiger partial charge on any atom is -0.550 e. The summed E-state index contributed by atoms with van der Waals surface area (Å²) in [5.41, 5.74) is 0.694. The Morgan fingerprint density at radius 3 is 2.30 bits per heavy atom. The number of halogens is 1. The summed E-state index contributed by atoms with van der Waals surface area (Å²) >= 11 is 2.19. The summed E-state index contributed by atoms with van der Waals surface area (Å²) in [6.45, 7) is 0. The molecule has 2 aliphatic rings. The quantitative estimate of drug-likeness (QED) is 0.635. The summed E-state index contributed by atoms with van der Waals surface area (Å²) < 4.78 is 1.08. The molecule has 0 aliphatic heterocycles. The molecule has 0 heterocycles. The smallest absolute Gasteiger partial charge is 0.228 e. The van der Waals surface area contributed by atoms with E-state index < -0.39 is 17.8 Å². The molecule has 3 rings (SSSR count). The van der Waals surface area contributed by atoms with E-state index in [9.17, 15) is 14.7 Å². The summed E-state index contributed by atoms with van der Waals surface area (Å²) in [5.74, 6) is -2.60. The average Bonchev–Trinajstić information content (AvgIpc) is 3.01. The molecule has 2 bridgehead atoms. The maximum Gasteiger partial charge on any atom is 0.228 e. The summed E-state index contributed by atoms with van der Waals surface area (Å²) in [5, 5.41) is 14.1. The molecule has 0 aromatic heterocycles. The molecule has 4 nitrogen and oxygen atoms in total. The maximum atomic E-state index is 12.4. The van der Waals surface area contributed by atoms with E-state index >= 15 is 0 Å². The normalized spacial score (nSPS) is 30.4. The number of benzene rings is 1. The maximum absolute atomic E-state index is 12.4. The number of carboxylic acids is 1. The van der Waals surface area contributed by atoms with Crippen LogP contribution in [0.3, 0.4) is 0 Å². The summed E-state index contributed by atoms with van der Waals surface area (Å²) in [4.78, 5) is 23.6. The zero-order valence-electron chi connectivity index (χ0n) is 10.6. The van der Waals surface area contributed by atoms with Crippen LogP contribution in [-0.4, -0.2) is 11.9 Å². The third-order valence-corrected chi connectivity index (χ3v) is 4.87. The van der Waals surface area contributed by atoms with Gasteiger partial charge in [0.15, 0.2) is 0 Å². The largest absolute Gasteiger partial charge is 0.550 e. The monoisotopic (exact) mass is 382 g/mol. The van der Waals surface area contributed by atoms with Crippen molar-refractivity contribution in [3.8, 4) is 0 Å². The van der Waals surface area contributed by atoms with Gasteiger partial charge in [0.2, 0.25) is 5.91 Å². The van der Waals surface area contributed by atoms with Gasteiger partial charge in [0.25, 0.3) is 0 Å². The number of nitrogens with one attached hydrogen (secondary N) is 1. The Hall–Kier alpha value is -1.37. The Balaban J connectivity index is 1.78. The number of carboxylic acid groups (broad SMARTS) is 1. The second-order valence-corrected chi connectivity index (χ2v) is 6.56. The standard InChI is InChI=1S/C15H14INO3/c16-10-3-5-11(6-4-10)17-14(18)12-8-1-2-9(7-8)13(12)15(19)20/h1-6,8-9,12-13H,7H2,(H,17,18)(H,19,20)/p-1/t8-,9+,12+,13+/m1/s1. The van der Waals surface area contributed by atoms with E-state index in [1.165, 1.54) is 0 Å². The summed E-state index contributed by atoms with van der Waals surface area (Å²) in [6, 6.07) is 7.42. The van der Waals surface area contributed by atoms with Crippen LogP contribution in [0, 0.1) is 27.2 Å². The van der Waals surface area contributed by atoms with Crippen LogP contribution in [-0.2, 0) is 9.59 Å². The van der Waals surface area contributed by atoms with E-state index in [1.54, 1.807) is 0 Å². The molecule has 1 fully saturated rings. The third kappa shape index (κ3) is 2.34. The van der Waals surface area contributed by atoms with Gasteiger partial charge >= 0.3 is 0 Å². The molecular weight excluding hydrogens is 369 g/mol. The van der Waals surface area contributed by atoms with Crippen molar-refractivity contribution in [1.82, 2.24) is 0 Å². The van der Waals surface area contributed by atoms with Crippen molar-refractivity contribution in [3.63, 3.8) is 0 Å². The van der Waals surface area contributed by atoms with Gasteiger partial charge in [0, 0.05) is 21.1 Å². The van der Waals surface area contributed by atoms with Crippen LogP contribution in [0.15, 0.2) is 36.4 Å². The van der Waals surface area contributed by atoms with Gasteiger partial charge in [-0.1, -0.05) is 12.2 Å². The molecule has 4 atom stereocenters. The minimum atomic E-state index is -1.12. The first-order valence-electron chi connectivity index (χ1n) is 6.52. The number of anilines is 1. The van der Waals surface area contributed by atoms with Crippen molar-refractivity contribution in [3.05, 3.63) is 40.0 Å². The lowest BCUT2D eigenvalue weighted by Crippen LogP contribution is -2.42. The second kappa shape index (κ2) is 5.20. The fraction of sp³-hybridized carbons (Fsp3) is 0.333.